The molecular weight excluding hydrogens is 294 g/mol. The summed E-state index contributed by atoms with van der Waals surface area (Å²) in [7, 11) is 0. The number of carbonyl (C=O) groups excluding carboxylic acids is 2. The Labute approximate surface area is 125 Å². The van der Waals surface area contributed by atoms with Crippen molar-refractivity contribution in [2.24, 2.45) is 0 Å². The van der Waals surface area contributed by atoms with Crippen molar-refractivity contribution in [2.75, 3.05) is 18.5 Å². The highest BCUT2D eigenvalue weighted by Gasteiger charge is 2.09. The summed E-state index contributed by atoms with van der Waals surface area (Å²) in [4.78, 5) is 23.0. The lowest BCUT2D eigenvalue weighted by atomic mass is 10.3. The van der Waals surface area contributed by atoms with Crippen LogP contribution in [-0.2, 0) is 9.53 Å². The minimum Gasteiger partial charge on any atom is -0.482 e. The van der Waals surface area contributed by atoms with Gasteiger partial charge in [-0.2, -0.15) is 8.75 Å². The Morgan fingerprint density at radius 2 is 2.24 bits per heavy atom. The Morgan fingerprint density at radius 1 is 1.38 bits per heavy atom. The maximum atomic E-state index is 11.8. The molecule has 2 rings (SSSR count). The lowest BCUT2D eigenvalue weighted by molar-refractivity contribution is -0.145. The van der Waals surface area contributed by atoms with E-state index < -0.39 is 5.97 Å². The van der Waals surface area contributed by atoms with Crippen LogP contribution < -0.4 is 10.1 Å². The predicted octanol–water partition coefficient (Wildman–Crippen LogP) is 1.73. The first-order chi connectivity index (χ1) is 10.2. The molecule has 0 spiro atoms. The maximum Gasteiger partial charge on any atom is 0.344 e. The zero-order valence-corrected chi connectivity index (χ0v) is 12.1. The minimum absolute atomic E-state index is 0.179. The molecule has 1 heterocycles. The number of rotatable bonds is 6. The maximum absolute atomic E-state index is 11.8. The van der Waals surface area contributed by atoms with Crippen molar-refractivity contribution in [3.05, 3.63) is 36.2 Å². The van der Waals surface area contributed by atoms with Gasteiger partial charge in [0.1, 0.15) is 5.75 Å². The van der Waals surface area contributed by atoms with Crippen molar-refractivity contribution in [3.63, 3.8) is 0 Å². The number of benzene rings is 1. The van der Waals surface area contributed by atoms with Gasteiger partial charge in [0.15, 0.2) is 12.3 Å². The fourth-order valence-electron chi connectivity index (χ4n) is 1.47. The first-order valence-corrected chi connectivity index (χ1v) is 6.89. The van der Waals surface area contributed by atoms with Gasteiger partial charge in [-0.05, 0) is 19.1 Å². The highest BCUT2D eigenvalue weighted by molar-refractivity contribution is 6.99. The molecule has 1 aromatic heterocycles. The van der Waals surface area contributed by atoms with E-state index in [9.17, 15) is 9.59 Å². The summed E-state index contributed by atoms with van der Waals surface area (Å²) >= 11 is 0.961. The second-order valence-corrected chi connectivity index (χ2v) is 4.43. The number of ether oxygens (including phenoxy) is 2. The molecule has 7 nitrogen and oxygen atoms in total. The van der Waals surface area contributed by atoms with E-state index in [0.717, 1.165) is 11.7 Å². The van der Waals surface area contributed by atoms with Crippen LogP contribution >= 0.6 is 11.7 Å². The molecule has 0 aliphatic heterocycles. The van der Waals surface area contributed by atoms with Crippen LogP contribution in [0.5, 0.6) is 5.75 Å². The number of nitrogens with one attached hydrogen (secondary N) is 1. The van der Waals surface area contributed by atoms with Gasteiger partial charge < -0.3 is 14.8 Å². The number of hydrogen-bond acceptors (Lipinski definition) is 7. The summed E-state index contributed by atoms with van der Waals surface area (Å²) in [5.74, 6) is -0.343. The molecular formula is C13H13N3O4S. The topological polar surface area (TPSA) is 90.4 Å². The third kappa shape index (κ3) is 4.53. The van der Waals surface area contributed by atoms with Crippen LogP contribution in [0.1, 0.15) is 17.4 Å². The van der Waals surface area contributed by atoms with Crippen molar-refractivity contribution in [1.82, 2.24) is 8.75 Å². The number of aromatic nitrogens is 2. The van der Waals surface area contributed by atoms with Crippen molar-refractivity contribution in [1.29, 1.82) is 0 Å². The van der Waals surface area contributed by atoms with Gasteiger partial charge >= 0.3 is 5.97 Å². The van der Waals surface area contributed by atoms with Crippen molar-refractivity contribution in [3.8, 4) is 5.75 Å². The Balaban J connectivity index is 1.94. The Kier molecular flexibility index (Phi) is 5.22. The highest BCUT2D eigenvalue weighted by atomic mass is 32.1. The van der Waals surface area contributed by atoms with Gasteiger partial charge in [-0.1, -0.05) is 6.07 Å². The molecule has 2 aromatic rings. The number of hydrogen-bond donors (Lipinski definition) is 1. The van der Waals surface area contributed by atoms with Gasteiger partial charge in [-0.15, -0.1) is 0 Å². The van der Waals surface area contributed by atoms with E-state index in [1.807, 2.05) is 0 Å². The van der Waals surface area contributed by atoms with Crippen LogP contribution in [-0.4, -0.2) is 33.8 Å². The van der Waals surface area contributed by atoms with Gasteiger partial charge in [0.05, 0.1) is 24.5 Å². The van der Waals surface area contributed by atoms with E-state index in [4.69, 9.17) is 9.47 Å². The molecule has 0 radical (unpaired) electrons. The van der Waals surface area contributed by atoms with Crippen LogP contribution in [0.2, 0.25) is 0 Å². The van der Waals surface area contributed by atoms with Crippen molar-refractivity contribution >= 4 is 29.3 Å². The molecule has 0 fully saturated rings. The summed E-state index contributed by atoms with van der Waals surface area (Å²) in [5, 5.41) is 2.67. The zero-order chi connectivity index (χ0) is 15.1. The molecule has 0 saturated carbocycles. The van der Waals surface area contributed by atoms with E-state index in [2.05, 4.69) is 14.1 Å². The second kappa shape index (κ2) is 7.34. The first-order valence-electron chi connectivity index (χ1n) is 6.16. The van der Waals surface area contributed by atoms with Gasteiger partial charge in [0.2, 0.25) is 0 Å². The molecule has 0 bridgehead atoms. The average molecular weight is 307 g/mol. The molecule has 1 amide bonds. The normalized spacial score (nSPS) is 9.95. The summed E-state index contributed by atoms with van der Waals surface area (Å²) in [6.07, 6.45) is 1.39. The van der Waals surface area contributed by atoms with Crippen LogP contribution in [0.3, 0.4) is 0 Å². The summed E-state index contributed by atoms with van der Waals surface area (Å²) in [6, 6.07) is 6.69. The monoisotopic (exact) mass is 307 g/mol. The van der Waals surface area contributed by atoms with Crippen molar-refractivity contribution < 1.29 is 19.1 Å². The fraction of sp³-hybridized carbons (Fsp3) is 0.231. The van der Waals surface area contributed by atoms with Gasteiger partial charge in [-0.3, -0.25) is 4.79 Å². The zero-order valence-electron chi connectivity index (χ0n) is 11.2. The van der Waals surface area contributed by atoms with Gasteiger partial charge in [-0.25, -0.2) is 4.79 Å². The summed E-state index contributed by atoms with van der Waals surface area (Å²) in [6.45, 7) is 1.85. The molecule has 0 unspecified atom stereocenters. The Hall–Kier alpha value is -2.48. The van der Waals surface area contributed by atoms with E-state index >= 15 is 0 Å². The van der Waals surface area contributed by atoms with E-state index in [1.54, 1.807) is 31.2 Å². The average Bonchev–Trinajstić information content (AvgIpc) is 3.00. The SMILES string of the molecule is CCOC(=O)COc1cccc(NC(=O)c2cnsn2)c1. The number of amides is 1. The highest BCUT2D eigenvalue weighted by Crippen LogP contribution is 2.18. The number of esters is 1. The molecule has 0 aliphatic carbocycles. The molecule has 1 aromatic carbocycles. The lowest BCUT2D eigenvalue weighted by Crippen LogP contribution is -2.15. The molecule has 21 heavy (non-hydrogen) atoms. The number of nitrogens with zero attached hydrogens (tertiary/aromatic N) is 2. The fourth-order valence-corrected chi connectivity index (χ4v) is 1.88. The number of anilines is 1. The summed E-state index contributed by atoms with van der Waals surface area (Å²) < 4.78 is 17.6. The predicted molar refractivity (Wildman–Crippen MR) is 76.4 cm³/mol. The molecule has 0 saturated heterocycles. The van der Waals surface area contributed by atoms with Crippen LogP contribution in [0.4, 0.5) is 5.69 Å². The molecule has 0 atom stereocenters. The van der Waals surface area contributed by atoms with Gasteiger partial charge in [0.25, 0.3) is 5.91 Å². The quantitative estimate of drug-likeness (QED) is 0.817. The van der Waals surface area contributed by atoms with Crippen LogP contribution in [0.15, 0.2) is 30.5 Å². The summed E-state index contributed by atoms with van der Waals surface area (Å²) in [5.41, 5.74) is 0.784. The Morgan fingerprint density at radius 3 is 2.95 bits per heavy atom. The van der Waals surface area contributed by atoms with Crippen LogP contribution in [0, 0.1) is 0 Å². The first kappa shape index (κ1) is 14.9. The van der Waals surface area contributed by atoms with E-state index in [-0.39, 0.29) is 18.2 Å². The third-order valence-electron chi connectivity index (χ3n) is 2.35. The van der Waals surface area contributed by atoms with Gasteiger partial charge in [0, 0.05) is 11.8 Å². The largest absolute Gasteiger partial charge is 0.482 e. The van der Waals surface area contributed by atoms with Crippen LogP contribution in [0.25, 0.3) is 0 Å². The third-order valence-corrected chi connectivity index (χ3v) is 2.83. The lowest BCUT2D eigenvalue weighted by Gasteiger charge is -2.08. The Bertz CT molecular complexity index is 616. The number of carbonyl (C=O) groups is 2. The standard InChI is InChI=1S/C13H13N3O4S/c1-2-19-12(17)8-20-10-5-3-4-9(6-10)15-13(18)11-7-14-21-16-11/h3-7H,2,8H2,1H3,(H,15,18). The second-order valence-electron chi connectivity index (χ2n) is 3.87. The molecule has 110 valence electrons. The molecule has 0 aliphatic rings. The molecule has 8 heteroatoms. The smallest absolute Gasteiger partial charge is 0.344 e. The van der Waals surface area contributed by atoms with E-state index in [1.165, 1.54) is 6.20 Å². The molecule has 1 N–H and O–H groups in total. The van der Waals surface area contributed by atoms with Crippen molar-refractivity contribution in [2.45, 2.75) is 6.92 Å². The minimum atomic E-state index is -0.444. The van der Waals surface area contributed by atoms with E-state index in [0.29, 0.717) is 18.0 Å².